The molecule has 0 spiro atoms. The van der Waals surface area contributed by atoms with Crippen molar-refractivity contribution in [2.75, 3.05) is 60.3 Å². The molecular weight excluding hydrogens is 222 g/mol. The SMILES string of the molecule is COCCN(CCOC)CC1COCCC1=O. The van der Waals surface area contributed by atoms with Crippen molar-refractivity contribution in [2.24, 2.45) is 5.92 Å². The molecule has 0 saturated carbocycles. The van der Waals surface area contributed by atoms with E-state index in [0.717, 1.165) is 19.6 Å². The van der Waals surface area contributed by atoms with Crippen molar-refractivity contribution in [1.29, 1.82) is 0 Å². The molecule has 0 aromatic rings. The Kier molecular flexibility index (Phi) is 7.35. The number of ether oxygens (including phenoxy) is 3. The highest BCUT2D eigenvalue weighted by Crippen LogP contribution is 2.11. The van der Waals surface area contributed by atoms with E-state index in [1.54, 1.807) is 14.2 Å². The summed E-state index contributed by atoms with van der Waals surface area (Å²) in [4.78, 5) is 13.9. The summed E-state index contributed by atoms with van der Waals surface area (Å²) in [5.41, 5.74) is 0. The summed E-state index contributed by atoms with van der Waals surface area (Å²) in [5, 5.41) is 0. The normalized spacial score (nSPS) is 21.1. The summed E-state index contributed by atoms with van der Waals surface area (Å²) < 4.78 is 15.5. The smallest absolute Gasteiger partial charge is 0.141 e. The summed E-state index contributed by atoms with van der Waals surface area (Å²) in [6.07, 6.45) is 0.549. The quantitative estimate of drug-likeness (QED) is 0.611. The van der Waals surface area contributed by atoms with Crippen LogP contribution in [-0.4, -0.2) is 71.0 Å². The Hall–Kier alpha value is -0.490. The van der Waals surface area contributed by atoms with Gasteiger partial charge in [-0.1, -0.05) is 0 Å². The van der Waals surface area contributed by atoms with Crippen molar-refractivity contribution in [3.8, 4) is 0 Å². The first-order valence-corrected chi connectivity index (χ1v) is 6.08. The molecule has 0 aliphatic carbocycles. The molecule has 5 nitrogen and oxygen atoms in total. The zero-order valence-electron chi connectivity index (χ0n) is 10.8. The molecule has 1 unspecified atom stereocenters. The molecule has 0 aromatic heterocycles. The molecule has 1 aliphatic rings. The molecule has 0 bridgehead atoms. The number of methoxy groups -OCH3 is 2. The summed E-state index contributed by atoms with van der Waals surface area (Å²) in [5.74, 6) is 0.327. The van der Waals surface area contributed by atoms with Crippen LogP contribution >= 0.6 is 0 Å². The number of ketones is 1. The standard InChI is InChI=1S/C12H23NO4/c1-15-7-4-13(5-8-16-2)9-11-10-17-6-3-12(11)14/h11H,3-10H2,1-2H3. The highest BCUT2D eigenvalue weighted by atomic mass is 16.5. The van der Waals surface area contributed by atoms with Crippen molar-refractivity contribution in [2.45, 2.75) is 6.42 Å². The molecule has 17 heavy (non-hydrogen) atoms. The monoisotopic (exact) mass is 245 g/mol. The topological polar surface area (TPSA) is 48.0 Å². The van der Waals surface area contributed by atoms with Crippen LogP contribution in [-0.2, 0) is 19.0 Å². The van der Waals surface area contributed by atoms with Gasteiger partial charge in [0.05, 0.1) is 32.3 Å². The molecule has 0 amide bonds. The molecular formula is C12H23NO4. The van der Waals surface area contributed by atoms with Crippen LogP contribution in [0, 0.1) is 5.92 Å². The summed E-state index contributed by atoms with van der Waals surface area (Å²) in [7, 11) is 3.37. The van der Waals surface area contributed by atoms with Crippen molar-refractivity contribution >= 4 is 5.78 Å². The highest BCUT2D eigenvalue weighted by Gasteiger charge is 2.24. The Morgan fingerprint density at radius 2 is 1.94 bits per heavy atom. The van der Waals surface area contributed by atoms with Gasteiger partial charge in [-0.25, -0.2) is 0 Å². The van der Waals surface area contributed by atoms with Gasteiger partial charge in [0.15, 0.2) is 0 Å². The fourth-order valence-corrected chi connectivity index (χ4v) is 1.90. The average Bonchev–Trinajstić information content (AvgIpc) is 2.35. The molecule has 1 aliphatic heterocycles. The second-order valence-corrected chi connectivity index (χ2v) is 4.27. The maximum Gasteiger partial charge on any atom is 0.141 e. The third-order valence-corrected chi connectivity index (χ3v) is 2.97. The van der Waals surface area contributed by atoms with Crippen LogP contribution in [0.3, 0.4) is 0 Å². The number of carbonyl (C=O) groups excluding carboxylic acids is 1. The number of Topliss-reactive ketones (excluding diaryl/α,β-unsaturated/α-hetero) is 1. The van der Waals surface area contributed by atoms with E-state index in [1.165, 1.54) is 0 Å². The van der Waals surface area contributed by atoms with Gasteiger partial charge in [-0.15, -0.1) is 0 Å². The predicted molar refractivity (Wildman–Crippen MR) is 64.1 cm³/mol. The third kappa shape index (κ3) is 5.59. The molecule has 0 aromatic carbocycles. The molecule has 5 heteroatoms. The van der Waals surface area contributed by atoms with E-state index in [4.69, 9.17) is 14.2 Å². The first-order valence-electron chi connectivity index (χ1n) is 6.08. The van der Waals surface area contributed by atoms with Crippen LogP contribution in [0.4, 0.5) is 0 Å². The van der Waals surface area contributed by atoms with Gasteiger partial charge in [-0.05, 0) is 0 Å². The minimum absolute atomic E-state index is 0.0115. The van der Waals surface area contributed by atoms with Crippen molar-refractivity contribution in [3.63, 3.8) is 0 Å². The Bertz CT molecular complexity index is 215. The van der Waals surface area contributed by atoms with Gasteiger partial charge in [0.2, 0.25) is 0 Å². The zero-order chi connectivity index (χ0) is 12.5. The van der Waals surface area contributed by atoms with Gasteiger partial charge in [0, 0.05) is 40.3 Å². The molecule has 1 rings (SSSR count). The lowest BCUT2D eigenvalue weighted by Crippen LogP contribution is -2.41. The molecule has 1 saturated heterocycles. The van der Waals surface area contributed by atoms with Crippen LogP contribution in [0.1, 0.15) is 6.42 Å². The van der Waals surface area contributed by atoms with Gasteiger partial charge in [0.1, 0.15) is 5.78 Å². The van der Waals surface area contributed by atoms with Crippen molar-refractivity contribution in [1.82, 2.24) is 4.90 Å². The van der Waals surface area contributed by atoms with E-state index in [2.05, 4.69) is 4.90 Å². The Morgan fingerprint density at radius 3 is 2.47 bits per heavy atom. The van der Waals surface area contributed by atoms with Crippen molar-refractivity contribution < 1.29 is 19.0 Å². The molecule has 1 heterocycles. The second-order valence-electron chi connectivity index (χ2n) is 4.27. The first kappa shape index (κ1) is 14.6. The van der Waals surface area contributed by atoms with E-state index in [0.29, 0.717) is 38.6 Å². The molecule has 1 fully saturated rings. The maximum absolute atomic E-state index is 11.7. The Labute approximate surface area is 103 Å². The van der Waals surface area contributed by atoms with E-state index < -0.39 is 0 Å². The van der Waals surface area contributed by atoms with E-state index in [1.807, 2.05) is 0 Å². The number of rotatable bonds is 8. The lowest BCUT2D eigenvalue weighted by molar-refractivity contribution is -0.131. The average molecular weight is 245 g/mol. The van der Waals surface area contributed by atoms with Crippen LogP contribution < -0.4 is 0 Å². The predicted octanol–water partition coefficient (Wildman–Crippen LogP) is 0.187. The number of hydrogen-bond donors (Lipinski definition) is 0. The maximum atomic E-state index is 11.7. The number of carbonyl (C=O) groups is 1. The van der Waals surface area contributed by atoms with E-state index >= 15 is 0 Å². The van der Waals surface area contributed by atoms with Crippen LogP contribution in [0.25, 0.3) is 0 Å². The first-order chi connectivity index (χ1) is 8.27. The molecule has 1 atom stereocenters. The number of hydrogen-bond acceptors (Lipinski definition) is 5. The third-order valence-electron chi connectivity index (χ3n) is 2.97. The Morgan fingerprint density at radius 1 is 1.29 bits per heavy atom. The van der Waals surface area contributed by atoms with E-state index in [9.17, 15) is 4.79 Å². The molecule has 100 valence electrons. The minimum atomic E-state index is 0.0115. The second kappa shape index (κ2) is 8.58. The van der Waals surface area contributed by atoms with Crippen LogP contribution in [0.2, 0.25) is 0 Å². The lowest BCUT2D eigenvalue weighted by atomic mass is 10.00. The minimum Gasteiger partial charge on any atom is -0.383 e. The lowest BCUT2D eigenvalue weighted by Gasteiger charge is -2.28. The largest absolute Gasteiger partial charge is 0.383 e. The van der Waals surface area contributed by atoms with Gasteiger partial charge in [0.25, 0.3) is 0 Å². The van der Waals surface area contributed by atoms with Crippen LogP contribution in [0.5, 0.6) is 0 Å². The Balaban J connectivity index is 2.36. The van der Waals surface area contributed by atoms with Gasteiger partial charge >= 0.3 is 0 Å². The van der Waals surface area contributed by atoms with Gasteiger partial charge in [-0.2, -0.15) is 0 Å². The summed E-state index contributed by atoms with van der Waals surface area (Å²) >= 11 is 0. The summed E-state index contributed by atoms with van der Waals surface area (Å²) in [6, 6.07) is 0. The fourth-order valence-electron chi connectivity index (χ4n) is 1.90. The van der Waals surface area contributed by atoms with Gasteiger partial charge < -0.3 is 14.2 Å². The molecule has 0 N–H and O–H groups in total. The zero-order valence-corrected chi connectivity index (χ0v) is 10.8. The van der Waals surface area contributed by atoms with Gasteiger partial charge in [-0.3, -0.25) is 9.69 Å². The summed E-state index contributed by atoms with van der Waals surface area (Å²) in [6.45, 7) is 4.86. The van der Waals surface area contributed by atoms with E-state index in [-0.39, 0.29) is 5.92 Å². The fraction of sp³-hybridized carbons (Fsp3) is 0.917. The molecule has 0 radical (unpaired) electrons. The van der Waals surface area contributed by atoms with Crippen LogP contribution in [0.15, 0.2) is 0 Å². The van der Waals surface area contributed by atoms with Crippen molar-refractivity contribution in [3.05, 3.63) is 0 Å². The number of nitrogens with zero attached hydrogens (tertiary/aromatic N) is 1. The highest BCUT2D eigenvalue weighted by molar-refractivity contribution is 5.82.